The number of hydrogen-bond acceptors (Lipinski definition) is 5. The van der Waals surface area contributed by atoms with Crippen molar-refractivity contribution in [3.05, 3.63) is 72.9 Å². The third-order valence-corrected chi connectivity index (χ3v) is 13.2. The van der Waals surface area contributed by atoms with Gasteiger partial charge in [0, 0.05) is 19.4 Å². The zero-order valence-electron chi connectivity index (χ0n) is 46.8. The Labute approximate surface area is 436 Å². The summed E-state index contributed by atoms with van der Waals surface area (Å²) in [5, 5.41) is 0. The molecule has 5 heteroatoms. The first-order chi connectivity index (χ1) is 34.6. The second-order valence-corrected chi connectivity index (χ2v) is 20.2. The zero-order chi connectivity index (χ0) is 50.6. The predicted molar refractivity (Wildman–Crippen MR) is 307 cm³/mol. The monoisotopic (exact) mass is 977 g/mol. The Morgan fingerprint density at radius 3 is 1.04 bits per heavy atom. The molecule has 0 radical (unpaired) electrons. The second kappa shape index (κ2) is 60.6. The molecule has 0 aliphatic rings. The van der Waals surface area contributed by atoms with Crippen molar-refractivity contribution in [1.82, 2.24) is 0 Å². The fourth-order valence-electron chi connectivity index (χ4n) is 8.67. The first-order valence-electron chi connectivity index (χ1n) is 30.5. The van der Waals surface area contributed by atoms with Crippen LogP contribution in [0.2, 0.25) is 0 Å². The molecule has 0 saturated heterocycles. The van der Waals surface area contributed by atoms with E-state index in [1.54, 1.807) is 0 Å². The molecule has 70 heavy (non-hydrogen) atoms. The summed E-state index contributed by atoms with van der Waals surface area (Å²) in [6, 6.07) is 0. The van der Waals surface area contributed by atoms with Crippen molar-refractivity contribution in [1.29, 1.82) is 0 Å². The molecule has 0 fully saturated rings. The van der Waals surface area contributed by atoms with Gasteiger partial charge in [0.1, 0.15) is 6.61 Å². The molecule has 0 bridgehead atoms. The van der Waals surface area contributed by atoms with Crippen molar-refractivity contribution in [2.24, 2.45) is 0 Å². The Morgan fingerprint density at radius 2 is 0.643 bits per heavy atom. The van der Waals surface area contributed by atoms with Crippen molar-refractivity contribution >= 4 is 11.9 Å². The summed E-state index contributed by atoms with van der Waals surface area (Å²) >= 11 is 0. The molecular weight excluding hydrogens is 861 g/mol. The van der Waals surface area contributed by atoms with Crippen molar-refractivity contribution in [3.8, 4) is 0 Å². The first kappa shape index (κ1) is 67.3. The molecule has 0 rings (SSSR count). The molecule has 0 aliphatic carbocycles. The number of carbonyl (C=O) groups excluding carboxylic acids is 2. The standard InChI is InChI=1S/C65H116O5/c1-4-7-10-13-16-19-22-25-28-31-33-35-37-40-43-46-49-52-55-58-64(66)69-62-63(61-68-60-57-54-51-48-45-42-39-36-32-29-26-23-20-17-14-11-8-5-2)70-65(67)59-56-53-50-47-44-41-38-34-30-27-24-21-18-15-12-9-6-3/h8,11,17,20,25-30,36,39,63H,4-7,9-10,12-16,18-19,21-24,31-35,37-38,40-62H2,1-3H3/b11-8-,20-17-,28-25-,29-26-,30-27-,39-36-. The van der Waals surface area contributed by atoms with Gasteiger partial charge in [0.15, 0.2) is 6.10 Å². The molecule has 0 aromatic heterocycles. The molecule has 1 atom stereocenters. The van der Waals surface area contributed by atoms with Crippen LogP contribution in [0.4, 0.5) is 0 Å². The number of ether oxygens (including phenoxy) is 3. The van der Waals surface area contributed by atoms with Gasteiger partial charge < -0.3 is 14.2 Å². The van der Waals surface area contributed by atoms with Crippen LogP contribution in [-0.4, -0.2) is 37.9 Å². The minimum atomic E-state index is -0.552. The number of hydrogen-bond donors (Lipinski definition) is 0. The summed E-state index contributed by atoms with van der Waals surface area (Å²) in [4.78, 5) is 25.6. The van der Waals surface area contributed by atoms with E-state index in [-0.39, 0.29) is 25.2 Å². The van der Waals surface area contributed by atoms with Crippen LogP contribution in [0.5, 0.6) is 0 Å². The molecule has 1 unspecified atom stereocenters. The Morgan fingerprint density at radius 1 is 0.329 bits per heavy atom. The third kappa shape index (κ3) is 57.9. The van der Waals surface area contributed by atoms with E-state index in [1.807, 2.05) is 0 Å². The van der Waals surface area contributed by atoms with Crippen LogP contribution in [-0.2, 0) is 23.8 Å². The smallest absolute Gasteiger partial charge is 0.306 e. The lowest BCUT2D eigenvalue weighted by Gasteiger charge is -2.18. The Hall–Kier alpha value is -2.66. The van der Waals surface area contributed by atoms with Crippen LogP contribution in [0.1, 0.15) is 303 Å². The van der Waals surface area contributed by atoms with Gasteiger partial charge in [-0.25, -0.2) is 0 Å². The Balaban J connectivity index is 4.31. The maximum atomic E-state index is 12.9. The highest BCUT2D eigenvalue weighted by atomic mass is 16.6. The summed E-state index contributed by atoms with van der Waals surface area (Å²) < 4.78 is 17.5. The summed E-state index contributed by atoms with van der Waals surface area (Å²) in [5.41, 5.74) is 0. The number of carbonyl (C=O) groups is 2. The maximum Gasteiger partial charge on any atom is 0.306 e. The molecule has 406 valence electrons. The van der Waals surface area contributed by atoms with Gasteiger partial charge in [-0.1, -0.05) is 254 Å². The lowest BCUT2D eigenvalue weighted by Crippen LogP contribution is -2.30. The van der Waals surface area contributed by atoms with E-state index >= 15 is 0 Å². The van der Waals surface area contributed by atoms with Crippen LogP contribution in [0.15, 0.2) is 72.9 Å². The normalized spacial score (nSPS) is 12.7. The third-order valence-electron chi connectivity index (χ3n) is 13.2. The van der Waals surface area contributed by atoms with E-state index in [4.69, 9.17) is 14.2 Å². The Kier molecular flexibility index (Phi) is 58.3. The molecule has 0 amide bonds. The van der Waals surface area contributed by atoms with E-state index in [0.717, 1.165) is 77.0 Å². The van der Waals surface area contributed by atoms with Crippen LogP contribution in [0, 0.1) is 0 Å². The summed E-state index contributed by atoms with van der Waals surface area (Å²) in [6.07, 6.45) is 79.3. The van der Waals surface area contributed by atoms with Crippen LogP contribution < -0.4 is 0 Å². The molecular formula is C65H116O5. The molecule has 0 spiro atoms. The number of rotatable bonds is 56. The molecule has 0 aromatic carbocycles. The van der Waals surface area contributed by atoms with Crippen molar-refractivity contribution in [2.45, 2.75) is 309 Å². The SMILES string of the molecule is CC/C=C\C/C=C\C/C=C\C/C=C\CCCCCCCOCC(COC(=O)CCCCCCCCCCC/C=C\CCCCCCCC)OC(=O)CCCCCCCCC/C=C\CCCCCCCC. The van der Waals surface area contributed by atoms with E-state index < -0.39 is 6.10 Å². The van der Waals surface area contributed by atoms with Crippen LogP contribution in [0.25, 0.3) is 0 Å². The molecule has 0 aliphatic heterocycles. The molecule has 0 saturated carbocycles. The van der Waals surface area contributed by atoms with Crippen molar-refractivity contribution in [2.75, 3.05) is 19.8 Å². The number of esters is 2. The highest BCUT2D eigenvalue weighted by Crippen LogP contribution is 2.15. The van der Waals surface area contributed by atoms with E-state index in [2.05, 4.69) is 93.7 Å². The fraction of sp³-hybridized carbons (Fsp3) is 0.785. The lowest BCUT2D eigenvalue weighted by molar-refractivity contribution is -0.163. The van der Waals surface area contributed by atoms with Crippen molar-refractivity contribution < 1.29 is 23.8 Å². The summed E-state index contributed by atoms with van der Waals surface area (Å²) in [5.74, 6) is -0.405. The average molecular weight is 978 g/mol. The van der Waals surface area contributed by atoms with Crippen LogP contribution in [0.3, 0.4) is 0 Å². The summed E-state index contributed by atoms with van der Waals surface area (Å²) in [6.45, 7) is 7.70. The summed E-state index contributed by atoms with van der Waals surface area (Å²) in [7, 11) is 0. The maximum absolute atomic E-state index is 12.9. The van der Waals surface area contributed by atoms with Gasteiger partial charge in [0.05, 0.1) is 6.61 Å². The average Bonchev–Trinajstić information content (AvgIpc) is 3.36. The molecule has 5 nitrogen and oxygen atoms in total. The topological polar surface area (TPSA) is 61.8 Å². The Bertz CT molecular complexity index is 1240. The quantitative estimate of drug-likeness (QED) is 0.0345. The molecule has 0 aromatic rings. The molecule has 0 N–H and O–H groups in total. The van der Waals surface area contributed by atoms with Crippen LogP contribution >= 0.6 is 0 Å². The van der Waals surface area contributed by atoms with Gasteiger partial charge in [0.25, 0.3) is 0 Å². The lowest BCUT2D eigenvalue weighted by atomic mass is 10.1. The minimum absolute atomic E-state index is 0.0744. The predicted octanol–water partition coefficient (Wildman–Crippen LogP) is 21.0. The van der Waals surface area contributed by atoms with E-state index in [0.29, 0.717) is 19.4 Å². The highest BCUT2D eigenvalue weighted by Gasteiger charge is 2.17. The minimum Gasteiger partial charge on any atom is -0.462 e. The van der Waals surface area contributed by atoms with Gasteiger partial charge >= 0.3 is 11.9 Å². The van der Waals surface area contributed by atoms with E-state index in [1.165, 1.54) is 193 Å². The fourth-order valence-corrected chi connectivity index (χ4v) is 8.67. The van der Waals surface area contributed by atoms with Gasteiger partial charge in [-0.3, -0.25) is 9.59 Å². The van der Waals surface area contributed by atoms with Gasteiger partial charge in [0.2, 0.25) is 0 Å². The van der Waals surface area contributed by atoms with Crippen molar-refractivity contribution in [3.63, 3.8) is 0 Å². The largest absolute Gasteiger partial charge is 0.462 e. The zero-order valence-corrected chi connectivity index (χ0v) is 46.8. The molecule has 0 heterocycles. The number of allylic oxidation sites excluding steroid dienone is 12. The number of unbranched alkanes of at least 4 members (excludes halogenated alkanes) is 33. The highest BCUT2D eigenvalue weighted by molar-refractivity contribution is 5.70. The first-order valence-corrected chi connectivity index (χ1v) is 30.5. The van der Waals surface area contributed by atoms with Gasteiger partial charge in [-0.2, -0.15) is 0 Å². The van der Waals surface area contributed by atoms with Gasteiger partial charge in [-0.05, 0) is 109 Å². The van der Waals surface area contributed by atoms with Gasteiger partial charge in [-0.15, -0.1) is 0 Å². The van der Waals surface area contributed by atoms with E-state index in [9.17, 15) is 9.59 Å². The second-order valence-electron chi connectivity index (χ2n) is 20.2.